The van der Waals surface area contributed by atoms with Crippen LogP contribution >= 0.6 is 0 Å². The number of carbonyl (C=O) groups excluding carboxylic acids is 1. The molecule has 1 unspecified atom stereocenters. The number of hydrogen-bond donors (Lipinski definition) is 0. The number of ether oxygens (including phenoxy) is 7. The van der Waals surface area contributed by atoms with Gasteiger partial charge in [0.2, 0.25) is 17.3 Å². The SMILES string of the molecule is C=C(C)C(=O)OC1=C(OCC)C(OCC)(OCC)C(CCC)(OCC)C(OCC)=C1OCC. The molecule has 0 spiro atoms. The van der Waals surface area contributed by atoms with Crippen LogP contribution in [-0.4, -0.2) is 57.0 Å². The quantitative estimate of drug-likeness (QED) is 0.177. The van der Waals surface area contributed by atoms with Gasteiger partial charge >= 0.3 is 5.97 Å². The van der Waals surface area contributed by atoms with Gasteiger partial charge in [-0.05, 0) is 54.9 Å². The lowest BCUT2D eigenvalue weighted by atomic mass is 9.79. The highest BCUT2D eigenvalue weighted by Gasteiger charge is 2.67. The Morgan fingerprint density at radius 3 is 1.67 bits per heavy atom. The maximum absolute atomic E-state index is 12.7. The van der Waals surface area contributed by atoms with E-state index in [4.69, 9.17) is 33.2 Å². The molecular formula is C25H42O8. The van der Waals surface area contributed by atoms with Crippen LogP contribution in [-0.2, 0) is 38.0 Å². The zero-order valence-electron chi connectivity index (χ0n) is 21.6. The largest absolute Gasteiger partial charge is 0.491 e. The fourth-order valence-electron chi connectivity index (χ4n) is 3.97. The summed E-state index contributed by atoms with van der Waals surface area (Å²) >= 11 is 0. The minimum atomic E-state index is -1.58. The molecule has 0 aromatic rings. The first-order chi connectivity index (χ1) is 15.8. The number of hydrogen-bond acceptors (Lipinski definition) is 8. The molecule has 0 aliphatic heterocycles. The maximum atomic E-state index is 12.7. The molecular weight excluding hydrogens is 428 g/mol. The Morgan fingerprint density at radius 1 is 0.727 bits per heavy atom. The zero-order chi connectivity index (χ0) is 25.1. The minimum absolute atomic E-state index is 0.0449. The molecule has 0 N–H and O–H groups in total. The zero-order valence-corrected chi connectivity index (χ0v) is 21.6. The molecule has 0 radical (unpaired) electrons. The van der Waals surface area contributed by atoms with E-state index in [1.165, 1.54) is 0 Å². The van der Waals surface area contributed by atoms with Gasteiger partial charge in [0, 0.05) is 25.4 Å². The molecule has 0 bridgehead atoms. The van der Waals surface area contributed by atoms with Crippen molar-refractivity contribution < 1.29 is 38.0 Å². The molecule has 0 heterocycles. The van der Waals surface area contributed by atoms with Gasteiger partial charge in [-0.25, -0.2) is 4.79 Å². The van der Waals surface area contributed by atoms with Crippen molar-refractivity contribution in [3.63, 3.8) is 0 Å². The lowest BCUT2D eigenvalue weighted by molar-refractivity contribution is -0.326. The van der Waals surface area contributed by atoms with Gasteiger partial charge in [-0.1, -0.05) is 19.9 Å². The van der Waals surface area contributed by atoms with Crippen LogP contribution < -0.4 is 0 Å². The second-order valence-electron chi connectivity index (χ2n) is 7.28. The summed E-state index contributed by atoms with van der Waals surface area (Å²) in [7, 11) is 0. The van der Waals surface area contributed by atoms with Gasteiger partial charge in [0.15, 0.2) is 11.4 Å². The van der Waals surface area contributed by atoms with Gasteiger partial charge in [-0.15, -0.1) is 0 Å². The molecule has 1 aliphatic carbocycles. The van der Waals surface area contributed by atoms with E-state index in [2.05, 4.69) is 6.58 Å². The van der Waals surface area contributed by atoms with E-state index in [9.17, 15) is 4.79 Å². The Bertz CT molecular complexity index is 710. The average Bonchev–Trinajstić information content (AvgIpc) is 2.77. The average molecular weight is 471 g/mol. The van der Waals surface area contributed by atoms with Gasteiger partial charge in [-0.3, -0.25) is 0 Å². The Morgan fingerprint density at radius 2 is 1.24 bits per heavy atom. The molecule has 0 aromatic carbocycles. The van der Waals surface area contributed by atoms with Crippen molar-refractivity contribution in [3.8, 4) is 0 Å². The van der Waals surface area contributed by atoms with Crippen LogP contribution in [0.2, 0.25) is 0 Å². The van der Waals surface area contributed by atoms with Gasteiger partial charge in [-0.2, -0.15) is 0 Å². The van der Waals surface area contributed by atoms with Crippen LogP contribution in [0.15, 0.2) is 35.2 Å². The first-order valence-electron chi connectivity index (χ1n) is 12.0. The Labute approximate surface area is 198 Å². The third-order valence-corrected chi connectivity index (χ3v) is 4.91. The highest BCUT2D eigenvalue weighted by molar-refractivity contribution is 5.88. The molecule has 1 aliphatic rings. The van der Waals surface area contributed by atoms with Gasteiger partial charge in [0.25, 0.3) is 5.79 Å². The highest BCUT2D eigenvalue weighted by Crippen LogP contribution is 2.53. The second-order valence-corrected chi connectivity index (χ2v) is 7.28. The normalized spacial score (nSPS) is 20.0. The molecule has 0 saturated carbocycles. The van der Waals surface area contributed by atoms with Crippen molar-refractivity contribution in [2.45, 2.75) is 79.6 Å². The molecule has 33 heavy (non-hydrogen) atoms. The fourth-order valence-corrected chi connectivity index (χ4v) is 3.97. The Kier molecular flexibility index (Phi) is 12.0. The van der Waals surface area contributed by atoms with E-state index < -0.39 is 17.4 Å². The summed E-state index contributed by atoms with van der Waals surface area (Å²) in [5.74, 6) is -1.40. The predicted molar refractivity (Wildman–Crippen MR) is 125 cm³/mol. The van der Waals surface area contributed by atoms with E-state index in [0.29, 0.717) is 32.0 Å². The molecule has 8 heteroatoms. The minimum Gasteiger partial charge on any atom is -0.491 e. The molecule has 1 atom stereocenters. The lowest BCUT2D eigenvalue weighted by Crippen LogP contribution is -2.64. The van der Waals surface area contributed by atoms with Crippen LogP contribution in [0.3, 0.4) is 0 Å². The molecule has 190 valence electrons. The topological polar surface area (TPSA) is 81.7 Å². The molecule has 0 aromatic heterocycles. The summed E-state index contributed by atoms with van der Waals surface area (Å²) in [5.41, 5.74) is -1.02. The standard InChI is InChI=1S/C25H42O8/c1-10-17-24(30-14-5)21(28-12-3)19(27-11-2)20(33-23(26)18(8)9)22(29-13-4)25(24,31-15-6)32-16-7/h8,10-17H2,1-7,9H3. The van der Waals surface area contributed by atoms with Crippen LogP contribution in [0.1, 0.15) is 68.2 Å². The second kappa shape index (κ2) is 13.6. The number of rotatable bonds is 16. The Balaban J connectivity index is 4.22. The number of carbonyl (C=O) groups is 1. The van der Waals surface area contributed by atoms with Crippen molar-refractivity contribution in [2.24, 2.45) is 0 Å². The van der Waals surface area contributed by atoms with Crippen LogP contribution in [0.25, 0.3) is 0 Å². The summed E-state index contributed by atoms with van der Waals surface area (Å²) in [6.07, 6.45) is 1.20. The third-order valence-electron chi connectivity index (χ3n) is 4.91. The third kappa shape index (κ3) is 5.73. The van der Waals surface area contributed by atoms with E-state index in [0.717, 1.165) is 6.42 Å². The number of esters is 1. The van der Waals surface area contributed by atoms with Crippen LogP contribution in [0.5, 0.6) is 0 Å². The van der Waals surface area contributed by atoms with Crippen molar-refractivity contribution in [3.05, 3.63) is 35.2 Å². The molecule has 1 rings (SSSR count). The monoisotopic (exact) mass is 470 g/mol. The molecule has 0 saturated heterocycles. The first-order valence-corrected chi connectivity index (χ1v) is 12.0. The maximum Gasteiger partial charge on any atom is 0.338 e. The summed E-state index contributed by atoms with van der Waals surface area (Å²) in [5, 5.41) is 0. The predicted octanol–water partition coefficient (Wildman–Crippen LogP) is 5.00. The van der Waals surface area contributed by atoms with Crippen molar-refractivity contribution in [1.82, 2.24) is 0 Å². The summed E-state index contributed by atoms with van der Waals surface area (Å²) in [6.45, 7) is 20.2. The highest BCUT2D eigenvalue weighted by atomic mass is 16.7. The van der Waals surface area contributed by atoms with E-state index in [1.54, 1.807) is 6.92 Å². The van der Waals surface area contributed by atoms with Crippen molar-refractivity contribution in [2.75, 3.05) is 39.6 Å². The van der Waals surface area contributed by atoms with E-state index in [1.807, 2.05) is 48.5 Å². The van der Waals surface area contributed by atoms with Crippen molar-refractivity contribution in [1.29, 1.82) is 0 Å². The van der Waals surface area contributed by atoms with E-state index >= 15 is 0 Å². The summed E-state index contributed by atoms with van der Waals surface area (Å²) in [4.78, 5) is 12.7. The first kappa shape index (κ1) is 29.0. The smallest absolute Gasteiger partial charge is 0.338 e. The fraction of sp³-hybridized carbons (Fsp3) is 0.720. The Hall–Kier alpha value is -2.03. The summed E-state index contributed by atoms with van der Waals surface area (Å²) < 4.78 is 43.3. The van der Waals surface area contributed by atoms with Crippen LogP contribution in [0.4, 0.5) is 0 Å². The lowest BCUT2D eigenvalue weighted by Gasteiger charge is -2.51. The van der Waals surface area contributed by atoms with E-state index in [-0.39, 0.29) is 42.7 Å². The van der Waals surface area contributed by atoms with Crippen LogP contribution in [0, 0.1) is 0 Å². The molecule has 0 fully saturated rings. The molecule has 0 amide bonds. The molecule has 8 nitrogen and oxygen atoms in total. The summed E-state index contributed by atoms with van der Waals surface area (Å²) in [6, 6.07) is 0. The van der Waals surface area contributed by atoms with Gasteiger partial charge in [0.05, 0.1) is 19.8 Å². The van der Waals surface area contributed by atoms with Crippen molar-refractivity contribution >= 4 is 5.97 Å². The van der Waals surface area contributed by atoms with Gasteiger partial charge < -0.3 is 33.2 Å². The van der Waals surface area contributed by atoms with Gasteiger partial charge in [0.1, 0.15) is 0 Å².